The highest BCUT2D eigenvalue weighted by Gasteiger charge is 2.33. The van der Waals surface area contributed by atoms with Crippen LogP contribution < -0.4 is 0 Å². The summed E-state index contributed by atoms with van der Waals surface area (Å²) < 4.78 is 46.7. The molecule has 1 N–H and O–H groups in total. The minimum absolute atomic E-state index is 0.0244. The second-order valence-electron chi connectivity index (χ2n) is 8.61. The van der Waals surface area contributed by atoms with E-state index in [0.717, 1.165) is 12.1 Å². The number of aromatic nitrogens is 1. The number of carbonyl (C=O) groups is 1. The summed E-state index contributed by atoms with van der Waals surface area (Å²) in [4.78, 5) is 12.6. The predicted octanol–water partition coefficient (Wildman–Crippen LogP) is 6.85. The summed E-state index contributed by atoms with van der Waals surface area (Å²) >= 11 is 12.8. The SMILES string of the molecule is Cc1cc(C(F)(F)F)cc2c1c(C(O)c1c(Cl)ccc(C(=O)OC(C)(C)C)c1Cl)cn2C. The number of ether oxygens (including phenoxy) is 1. The highest BCUT2D eigenvalue weighted by Crippen LogP contribution is 2.41. The van der Waals surface area contributed by atoms with Crippen molar-refractivity contribution in [2.24, 2.45) is 7.05 Å². The van der Waals surface area contributed by atoms with Crippen LogP contribution in [0, 0.1) is 6.92 Å². The number of hydrogen-bond acceptors (Lipinski definition) is 3. The molecule has 172 valence electrons. The molecule has 9 heteroatoms. The number of benzene rings is 2. The lowest BCUT2D eigenvalue weighted by Gasteiger charge is -2.21. The Bertz CT molecular complexity index is 1210. The van der Waals surface area contributed by atoms with E-state index in [1.165, 1.54) is 29.8 Å². The van der Waals surface area contributed by atoms with Crippen LogP contribution in [0.1, 0.15) is 59.5 Å². The molecule has 0 saturated carbocycles. The highest BCUT2D eigenvalue weighted by molar-refractivity contribution is 6.38. The van der Waals surface area contributed by atoms with E-state index < -0.39 is 29.4 Å². The van der Waals surface area contributed by atoms with Gasteiger partial charge < -0.3 is 14.4 Å². The first kappa shape index (κ1) is 24.4. The molecule has 2 aromatic carbocycles. The largest absolute Gasteiger partial charge is 0.456 e. The van der Waals surface area contributed by atoms with E-state index in [0.29, 0.717) is 22.0 Å². The van der Waals surface area contributed by atoms with Crippen molar-refractivity contribution in [2.75, 3.05) is 0 Å². The summed E-state index contributed by atoms with van der Waals surface area (Å²) in [6, 6.07) is 4.88. The molecule has 0 spiro atoms. The number of alkyl halides is 3. The van der Waals surface area contributed by atoms with Gasteiger partial charge in [0, 0.05) is 40.3 Å². The van der Waals surface area contributed by atoms with Gasteiger partial charge in [-0.05, 0) is 57.5 Å². The first-order valence-corrected chi connectivity index (χ1v) is 10.4. The van der Waals surface area contributed by atoms with Crippen LogP contribution in [0.25, 0.3) is 10.9 Å². The Morgan fingerprint density at radius 2 is 1.78 bits per heavy atom. The highest BCUT2D eigenvalue weighted by atomic mass is 35.5. The van der Waals surface area contributed by atoms with Crippen molar-refractivity contribution in [1.82, 2.24) is 4.57 Å². The van der Waals surface area contributed by atoms with Gasteiger partial charge in [0.15, 0.2) is 0 Å². The Morgan fingerprint density at radius 3 is 2.34 bits per heavy atom. The van der Waals surface area contributed by atoms with Crippen molar-refractivity contribution in [3.05, 3.63) is 68.3 Å². The van der Waals surface area contributed by atoms with E-state index in [1.54, 1.807) is 27.8 Å². The molecule has 3 aromatic rings. The number of hydrogen-bond donors (Lipinski definition) is 1. The van der Waals surface area contributed by atoms with E-state index in [-0.39, 0.29) is 21.2 Å². The fourth-order valence-corrected chi connectivity index (χ4v) is 4.26. The maximum Gasteiger partial charge on any atom is 0.416 e. The van der Waals surface area contributed by atoms with Gasteiger partial charge >= 0.3 is 12.1 Å². The number of fused-ring (bicyclic) bond motifs is 1. The minimum Gasteiger partial charge on any atom is -0.456 e. The topological polar surface area (TPSA) is 51.5 Å². The molecule has 3 rings (SSSR count). The summed E-state index contributed by atoms with van der Waals surface area (Å²) in [5.41, 5.74) is -0.504. The number of rotatable bonds is 3. The molecule has 0 saturated heterocycles. The summed E-state index contributed by atoms with van der Waals surface area (Å²) in [5, 5.41) is 11.7. The number of aryl methyl sites for hydroxylation is 2. The lowest BCUT2D eigenvalue weighted by Crippen LogP contribution is -2.24. The maximum absolute atomic E-state index is 13.3. The van der Waals surface area contributed by atoms with Gasteiger partial charge in [-0.25, -0.2) is 4.79 Å². The Labute approximate surface area is 193 Å². The Morgan fingerprint density at radius 1 is 1.16 bits per heavy atom. The molecule has 4 nitrogen and oxygen atoms in total. The molecule has 0 fully saturated rings. The molecule has 0 radical (unpaired) electrons. The third-order valence-electron chi connectivity index (χ3n) is 4.96. The molecule has 0 bridgehead atoms. The zero-order valence-corrected chi connectivity index (χ0v) is 19.6. The van der Waals surface area contributed by atoms with E-state index >= 15 is 0 Å². The average molecular weight is 488 g/mol. The van der Waals surface area contributed by atoms with Crippen LogP contribution in [-0.2, 0) is 18.0 Å². The molecule has 1 unspecified atom stereocenters. The van der Waals surface area contributed by atoms with Gasteiger partial charge in [0.25, 0.3) is 0 Å². The van der Waals surface area contributed by atoms with Crippen LogP contribution in [0.2, 0.25) is 10.0 Å². The number of aliphatic hydroxyl groups excluding tert-OH is 1. The van der Waals surface area contributed by atoms with Gasteiger partial charge in [0.05, 0.1) is 16.1 Å². The van der Waals surface area contributed by atoms with E-state index in [4.69, 9.17) is 27.9 Å². The Kier molecular flexibility index (Phi) is 6.32. The van der Waals surface area contributed by atoms with Crippen molar-refractivity contribution in [1.29, 1.82) is 0 Å². The van der Waals surface area contributed by atoms with Gasteiger partial charge in [0.2, 0.25) is 0 Å². The Hall–Kier alpha value is -2.22. The van der Waals surface area contributed by atoms with Crippen LogP contribution in [0.5, 0.6) is 0 Å². The van der Waals surface area contributed by atoms with Gasteiger partial charge in [-0.15, -0.1) is 0 Å². The van der Waals surface area contributed by atoms with E-state index in [1.807, 2.05) is 0 Å². The fourth-order valence-electron chi connectivity index (χ4n) is 3.60. The van der Waals surface area contributed by atoms with Crippen LogP contribution in [0.4, 0.5) is 13.2 Å². The molecule has 1 heterocycles. The first-order valence-electron chi connectivity index (χ1n) is 9.68. The van der Waals surface area contributed by atoms with Crippen LogP contribution in [-0.4, -0.2) is 21.2 Å². The van der Waals surface area contributed by atoms with Crippen molar-refractivity contribution in [2.45, 2.75) is 45.6 Å². The predicted molar refractivity (Wildman–Crippen MR) is 118 cm³/mol. The number of nitrogens with zero attached hydrogens (tertiary/aromatic N) is 1. The molecular formula is C23H22Cl2F3NO3. The van der Waals surface area contributed by atoms with Crippen LogP contribution in [0.15, 0.2) is 30.5 Å². The second kappa shape index (κ2) is 8.28. The maximum atomic E-state index is 13.3. The summed E-state index contributed by atoms with van der Waals surface area (Å²) in [6.45, 7) is 6.66. The minimum atomic E-state index is -4.50. The lowest BCUT2D eigenvalue weighted by atomic mass is 9.96. The van der Waals surface area contributed by atoms with Crippen molar-refractivity contribution in [3.63, 3.8) is 0 Å². The summed E-state index contributed by atoms with van der Waals surface area (Å²) in [7, 11) is 1.58. The zero-order valence-electron chi connectivity index (χ0n) is 18.1. The van der Waals surface area contributed by atoms with Gasteiger partial charge in [-0.2, -0.15) is 13.2 Å². The second-order valence-corrected chi connectivity index (χ2v) is 9.39. The smallest absolute Gasteiger partial charge is 0.416 e. The normalized spacial score (nSPS) is 13.5. The van der Waals surface area contributed by atoms with Gasteiger partial charge in [0.1, 0.15) is 11.7 Å². The summed E-state index contributed by atoms with van der Waals surface area (Å²) in [5.74, 6) is -0.684. The average Bonchev–Trinajstić information content (AvgIpc) is 2.97. The fraction of sp³-hybridized carbons (Fsp3) is 0.348. The zero-order chi connectivity index (χ0) is 24.2. The van der Waals surface area contributed by atoms with Crippen molar-refractivity contribution < 1.29 is 27.8 Å². The molecule has 1 atom stereocenters. The molecular weight excluding hydrogens is 466 g/mol. The van der Waals surface area contributed by atoms with Gasteiger partial charge in [-0.1, -0.05) is 23.2 Å². The molecule has 1 aromatic heterocycles. The van der Waals surface area contributed by atoms with Gasteiger partial charge in [-0.3, -0.25) is 0 Å². The number of esters is 1. The molecule has 0 aliphatic carbocycles. The van der Waals surface area contributed by atoms with E-state index in [2.05, 4.69) is 0 Å². The lowest BCUT2D eigenvalue weighted by molar-refractivity contribution is -0.137. The monoisotopic (exact) mass is 487 g/mol. The van der Waals surface area contributed by atoms with E-state index in [9.17, 15) is 23.1 Å². The van der Waals surface area contributed by atoms with Crippen LogP contribution in [0.3, 0.4) is 0 Å². The molecule has 0 aliphatic heterocycles. The first-order chi connectivity index (χ1) is 14.6. The number of carbonyl (C=O) groups excluding carboxylic acids is 1. The van der Waals surface area contributed by atoms with Crippen molar-refractivity contribution in [3.8, 4) is 0 Å². The Balaban J connectivity index is 2.17. The number of aliphatic hydroxyl groups is 1. The summed E-state index contributed by atoms with van der Waals surface area (Å²) in [6.07, 6.45) is -4.37. The van der Waals surface area contributed by atoms with Crippen molar-refractivity contribution >= 4 is 40.1 Å². The standard InChI is InChI=1S/C23H22Cl2F3NO3/c1-11-8-12(23(26,27)28)9-16-17(11)14(10-29(16)5)20(30)18-15(24)7-6-13(19(18)25)21(31)32-22(2,3)4/h6-10,20,30H,1-5H3. The quantitative estimate of drug-likeness (QED) is 0.411. The molecule has 0 aliphatic rings. The molecule has 32 heavy (non-hydrogen) atoms. The molecule has 0 amide bonds. The third-order valence-corrected chi connectivity index (χ3v) is 5.69. The third kappa shape index (κ3) is 4.60. The number of halogens is 5. The van der Waals surface area contributed by atoms with Crippen LogP contribution >= 0.6 is 23.2 Å².